The summed E-state index contributed by atoms with van der Waals surface area (Å²) in [5.74, 6) is -0.282. The molecule has 0 bridgehead atoms. The van der Waals surface area contributed by atoms with Crippen molar-refractivity contribution >= 4 is 17.5 Å². The summed E-state index contributed by atoms with van der Waals surface area (Å²) >= 11 is 6.19. The number of hydrogen-bond acceptors (Lipinski definition) is 4. The molecule has 1 aromatic carbocycles. The number of nitrogens with zero attached hydrogens (tertiary/aromatic N) is 4. The number of rotatable bonds is 4. The zero-order chi connectivity index (χ0) is 17.1. The lowest BCUT2D eigenvalue weighted by Gasteiger charge is -2.13. The quantitative estimate of drug-likeness (QED) is 0.791. The zero-order valence-corrected chi connectivity index (χ0v) is 14.0. The Hall–Kier alpha value is -2.73. The molecule has 1 atom stereocenters. The van der Waals surface area contributed by atoms with Gasteiger partial charge in [-0.15, -0.1) is 5.10 Å². The lowest BCUT2D eigenvalue weighted by molar-refractivity contribution is 0.0934. The van der Waals surface area contributed by atoms with Crippen LogP contribution in [0, 0.1) is 6.92 Å². The van der Waals surface area contributed by atoms with Crippen molar-refractivity contribution in [3.63, 3.8) is 0 Å². The second-order valence-corrected chi connectivity index (χ2v) is 5.77. The summed E-state index contributed by atoms with van der Waals surface area (Å²) < 4.78 is 1.56. The van der Waals surface area contributed by atoms with E-state index in [1.165, 1.54) is 0 Å². The molecule has 6 nitrogen and oxygen atoms in total. The van der Waals surface area contributed by atoms with Crippen LogP contribution >= 0.6 is 11.6 Å². The van der Waals surface area contributed by atoms with Crippen LogP contribution in [0.15, 0.2) is 48.8 Å². The normalized spacial score (nSPS) is 12.0. The molecule has 0 spiro atoms. The van der Waals surface area contributed by atoms with E-state index in [2.05, 4.69) is 20.6 Å². The minimum atomic E-state index is -0.282. The second kappa shape index (κ2) is 6.80. The molecule has 0 aliphatic heterocycles. The van der Waals surface area contributed by atoms with E-state index in [-0.39, 0.29) is 17.6 Å². The molecule has 7 heteroatoms. The van der Waals surface area contributed by atoms with E-state index in [0.29, 0.717) is 16.4 Å². The predicted molar refractivity (Wildman–Crippen MR) is 91.2 cm³/mol. The Balaban J connectivity index is 1.83. The second-order valence-electron chi connectivity index (χ2n) is 5.36. The third-order valence-corrected chi connectivity index (χ3v) is 4.06. The number of hydrogen-bond donors (Lipinski definition) is 1. The molecule has 0 aliphatic rings. The van der Waals surface area contributed by atoms with Gasteiger partial charge in [0.15, 0.2) is 5.69 Å². The largest absolute Gasteiger partial charge is 0.344 e. The fourth-order valence-electron chi connectivity index (χ4n) is 2.39. The summed E-state index contributed by atoms with van der Waals surface area (Å²) in [7, 11) is 0. The number of carbonyl (C=O) groups is 1. The van der Waals surface area contributed by atoms with Gasteiger partial charge in [-0.1, -0.05) is 28.9 Å². The van der Waals surface area contributed by atoms with Gasteiger partial charge in [-0.25, -0.2) is 4.68 Å². The van der Waals surface area contributed by atoms with Crippen molar-refractivity contribution in [2.45, 2.75) is 19.9 Å². The van der Waals surface area contributed by atoms with Crippen LogP contribution in [-0.4, -0.2) is 25.9 Å². The SMILES string of the molecule is Cc1c(C(=O)N[C@H](C)c2ccncc2)nnn1-c1ccccc1Cl. The third-order valence-electron chi connectivity index (χ3n) is 3.74. The molecular weight excluding hydrogens is 326 g/mol. The van der Waals surface area contributed by atoms with Gasteiger partial charge in [0.05, 0.1) is 22.4 Å². The highest BCUT2D eigenvalue weighted by Gasteiger charge is 2.20. The zero-order valence-electron chi connectivity index (χ0n) is 13.3. The first-order valence-electron chi connectivity index (χ1n) is 7.46. The van der Waals surface area contributed by atoms with Crippen molar-refractivity contribution in [1.29, 1.82) is 0 Å². The molecule has 2 aromatic heterocycles. The Morgan fingerprint density at radius 2 is 1.92 bits per heavy atom. The van der Waals surface area contributed by atoms with E-state index < -0.39 is 0 Å². The van der Waals surface area contributed by atoms with Crippen LogP contribution in [0.4, 0.5) is 0 Å². The molecule has 1 N–H and O–H groups in total. The van der Waals surface area contributed by atoms with Crippen molar-refractivity contribution in [1.82, 2.24) is 25.3 Å². The summed E-state index contributed by atoms with van der Waals surface area (Å²) in [6, 6.07) is 10.8. The lowest BCUT2D eigenvalue weighted by atomic mass is 10.1. The summed E-state index contributed by atoms with van der Waals surface area (Å²) in [5.41, 5.74) is 2.55. The van der Waals surface area contributed by atoms with Gasteiger partial charge in [0, 0.05) is 12.4 Å². The summed E-state index contributed by atoms with van der Waals surface area (Å²) in [5, 5.41) is 11.5. The Kier molecular flexibility index (Phi) is 4.57. The first-order valence-corrected chi connectivity index (χ1v) is 7.83. The fraction of sp³-hybridized carbons (Fsp3) is 0.176. The predicted octanol–water partition coefficient (Wildman–Crippen LogP) is 3.12. The van der Waals surface area contributed by atoms with E-state index in [9.17, 15) is 4.79 Å². The molecule has 0 unspecified atom stereocenters. The Morgan fingerprint density at radius 3 is 2.62 bits per heavy atom. The minimum absolute atomic E-state index is 0.162. The summed E-state index contributed by atoms with van der Waals surface area (Å²) in [6.45, 7) is 3.69. The highest BCUT2D eigenvalue weighted by Crippen LogP contribution is 2.21. The number of benzene rings is 1. The molecule has 0 saturated heterocycles. The average molecular weight is 342 g/mol. The van der Waals surface area contributed by atoms with E-state index in [0.717, 1.165) is 5.56 Å². The maximum absolute atomic E-state index is 12.5. The van der Waals surface area contributed by atoms with Gasteiger partial charge in [0.25, 0.3) is 5.91 Å². The van der Waals surface area contributed by atoms with Crippen molar-refractivity contribution in [2.24, 2.45) is 0 Å². The van der Waals surface area contributed by atoms with Gasteiger partial charge in [-0.3, -0.25) is 9.78 Å². The topological polar surface area (TPSA) is 72.7 Å². The van der Waals surface area contributed by atoms with Crippen molar-refractivity contribution in [3.8, 4) is 5.69 Å². The first-order chi connectivity index (χ1) is 11.6. The first kappa shape index (κ1) is 16.1. The molecule has 122 valence electrons. The van der Waals surface area contributed by atoms with Crippen LogP contribution < -0.4 is 5.32 Å². The number of carbonyl (C=O) groups excluding carboxylic acids is 1. The molecular formula is C17H16ClN5O. The average Bonchev–Trinajstić information content (AvgIpc) is 2.97. The van der Waals surface area contributed by atoms with E-state index >= 15 is 0 Å². The van der Waals surface area contributed by atoms with Gasteiger partial charge >= 0.3 is 0 Å². The van der Waals surface area contributed by atoms with Crippen LogP contribution in [0.25, 0.3) is 5.69 Å². The van der Waals surface area contributed by atoms with Gasteiger partial charge in [0.2, 0.25) is 0 Å². The molecule has 1 amide bonds. The van der Waals surface area contributed by atoms with Crippen LogP contribution in [0.5, 0.6) is 0 Å². The summed E-state index contributed by atoms with van der Waals surface area (Å²) in [4.78, 5) is 16.5. The summed E-state index contributed by atoms with van der Waals surface area (Å²) in [6.07, 6.45) is 3.38. The van der Waals surface area contributed by atoms with Crippen molar-refractivity contribution < 1.29 is 4.79 Å². The Morgan fingerprint density at radius 1 is 1.21 bits per heavy atom. The lowest BCUT2D eigenvalue weighted by Crippen LogP contribution is -2.27. The molecule has 3 aromatic rings. The van der Waals surface area contributed by atoms with Crippen molar-refractivity contribution in [3.05, 3.63) is 70.8 Å². The molecule has 3 rings (SSSR count). The fourth-order valence-corrected chi connectivity index (χ4v) is 2.61. The van der Waals surface area contributed by atoms with Crippen LogP contribution in [0.3, 0.4) is 0 Å². The van der Waals surface area contributed by atoms with Crippen LogP contribution in [0.2, 0.25) is 5.02 Å². The molecule has 24 heavy (non-hydrogen) atoms. The number of amides is 1. The van der Waals surface area contributed by atoms with E-state index in [4.69, 9.17) is 11.6 Å². The monoisotopic (exact) mass is 341 g/mol. The van der Waals surface area contributed by atoms with Gasteiger partial charge in [-0.2, -0.15) is 0 Å². The highest BCUT2D eigenvalue weighted by molar-refractivity contribution is 6.32. The Bertz CT molecular complexity index is 862. The number of halogens is 1. The van der Waals surface area contributed by atoms with Gasteiger partial charge in [-0.05, 0) is 43.7 Å². The molecule has 0 fully saturated rings. The molecule has 2 heterocycles. The highest BCUT2D eigenvalue weighted by atomic mass is 35.5. The molecule has 0 saturated carbocycles. The number of pyridine rings is 1. The van der Waals surface area contributed by atoms with Crippen LogP contribution in [0.1, 0.15) is 34.7 Å². The number of nitrogens with one attached hydrogen (secondary N) is 1. The third kappa shape index (κ3) is 3.14. The van der Waals surface area contributed by atoms with E-state index in [1.807, 2.05) is 37.3 Å². The van der Waals surface area contributed by atoms with Crippen LogP contribution in [-0.2, 0) is 0 Å². The number of para-hydroxylation sites is 1. The minimum Gasteiger partial charge on any atom is -0.344 e. The standard InChI is InChI=1S/C17H16ClN5O/c1-11(13-7-9-19-10-8-13)20-17(24)16-12(2)23(22-21-16)15-6-4-3-5-14(15)18/h3-11H,1-2H3,(H,20,24)/t11-/m1/s1. The van der Waals surface area contributed by atoms with E-state index in [1.54, 1.807) is 30.1 Å². The number of aromatic nitrogens is 4. The van der Waals surface area contributed by atoms with Gasteiger partial charge < -0.3 is 5.32 Å². The Labute approximate surface area is 144 Å². The smallest absolute Gasteiger partial charge is 0.274 e. The molecule has 0 aliphatic carbocycles. The molecule has 0 radical (unpaired) electrons. The van der Waals surface area contributed by atoms with Crippen molar-refractivity contribution in [2.75, 3.05) is 0 Å². The van der Waals surface area contributed by atoms with Gasteiger partial charge in [0.1, 0.15) is 0 Å². The maximum Gasteiger partial charge on any atom is 0.274 e. The maximum atomic E-state index is 12.5.